The Labute approximate surface area is 176 Å². The van der Waals surface area contributed by atoms with Crippen LogP contribution in [0.1, 0.15) is 18.4 Å². The van der Waals surface area contributed by atoms with Crippen molar-refractivity contribution in [3.05, 3.63) is 109 Å². The Morgan fingerprint density at radius 2 is 1.03 bits per heavy atom. The molecular weight excluding hydrogens is 366 g/mol. The van der Waals surface area contributed by atoms with Gasteiger partial charge in [-0.15, -0.1) is 0 Å². The molecular formula is C27H21N3. The van der Waals surface area contributed by atoms with Crippen LogP contribution in [-0.2, 0) is 0 Å². The molecule has 3 nitrogen and oxygen atoms in total. The van der Waals surface area contributed by atoms with Gasteiger partial charge in [-0.1, -0.05) is 97.1 Å². The van der Waals surface area contributed by atoms with E-state index in [1.807, 2.05) is 60.7 Å². The topological polar surface area (TPSA) is 38.7 Å². The Kier molecular flexibility index (Phi) is 5.01. The molecule has 0 amide bonds. The molecule has 1 aliphatic rings. The molecule has 3 heteroatoms. The highest BCUT2D eigenvalue weighted by Crippen LogP contribution is 2.28. The summed E-state index contributed by atoms with van der Waals surface area (Å²) < 4.78 is 0. The van der Waals surface area contributed by atoms with Gasteiger partial charge in [0.05, 0.1) is 0 Å². The van der Waals surface area contributed by atoms with Crippen LogP contribution in [0.2, 0.25) is 0 Å². The molecule has 0 atom stereocenters. The lowest BCUT2D eigenvalue weighted by Crippen LogP contribution is -2.00. The number of benzene rings is 3. The van der Waals surface area contributed by atoms with E-state index in [1.165, 1.54) is 11.1 Å². The van der Waals surface area contributed by atoms with Crippen LogP contribution in [0.5, 0.6) is 0 Å². The third kappa shape index (κ3) is 3.83. The van der Waals surface area contributed by atoms with Crippen LogP contribution in [0, 0.1) is 0 Å². The van der Waals surface area contributed by atoms with Crippen molar-refractivity contribution < 1.29 is 0 Å². The van der Waals surface area contributed by atoms with E-state index in [-0.39, 0.29) is 0 Å². The molecule has 3 aromatic carbocycles. The highest BCUT2D eigenvalue weighted by molar-refractivity contribution is 5.78. The molecule has 0 N–H and O–H groups in total. The summed E-state index contributed by atoms with van der Waals surface area (Å²) in [5.41, 5.74) is 5.39. The minimum Gasteiger partial charge on any atom is -0.208 e. The molecule has 0 spiro atoms. The standard InChI is InChI=1S/C27H21N3/c1-4-11-20(12-5-1)23-17-10-18-24(19-23)27-29-25(21-13-6-2-7-14-21)28-26(30-27)22-15-8-3-9-16-22/h2-4,6-19H,1,5H2. The number of hydrogen-bond acceptors (Lipinski definition) is 3. The first-order valence-electron chi connectivity index (χ1n) is 10.2. The molecule has 0 unspecified atom stereocenters. The third-order valence-electron chi connectivity index (χ3n) is 5.15. The van der Waals surface area contributed by atoms with Gasteiger partial charge >= 0.3 is 0 Å². The second-order valence-corrected chi connectivity index (χ2v) is 7.26. The fraction of sp³-hybridized carbons (Fsp3) is 0.0741. The lowest BCUT2D eigenvalue weighted by Gasteiger charge is -2.11. The fourth-order valence-corrected chi connectivity index (χ4v) is 3.60. The monoisotopic (exact) mass is 387 g/mol. The summed E-state index contributed by atoms with van der Waals surface area (Å²) in [7, 11) is 0. The van der Waals surface area contributed by atoms with Gasteiger partial charge < -0.3 is 0 Å². The van der Waals surface area contributed by atoms with Crippen LogP contribution < -0.4 is 0 Å². The Balaban J connectivity index is 1.65. The molecule has 30 heavy (non-hydrogen) atoms. The Hall–Kier alpha value is -3.85. The first-order chi connectivity index (χ1) is 14.9. The molecule has 4 aromatic rings. The summed E-state index contributed by atoms with van der Waals surface area (Å²) >= 11 is 0. The summed E-state index contributed by atoms with van der Waals surface area (Å²) in [6.45, 7) is 0. The van der Waals surface area contributed by atoms with Gasteiger partial charge in [-0.3, -0.25) is 0 Å². The van der Waals surface area contributed by atoms with Gasteiger partial charge in [-0.05, 0) is 30.0 Å². The second kappa shape index (κ2) is 8.26. The maximum atomic E-state index is 4.83. The van der Waals surface area contributed by atoms with Crippen molar-refractivity contribution in [2.24, 2.45) is 0 Å². The van der Waals surface area contributed by atoms with E-state index in [1.54, 1.807) is 0 Å². The average molecular weight is 387 g/mol. The highest BCUT2D eigenvalue weighted by atomic mass is 15.0. The maximum Gasteiger partial charge on any atom is 0.164 e. The van der Waals surface area contributed by atoms with Crippen LogP contribution >= 0.6 is 0 Å². The smallest absolute Gasteiger partial charge is 0.164 e. The number of aromatic nitrogens is 3. The Bertz CT molecular complexity index is 1170. The van der Waals surface area contributed by atoms with Crippen molar-refractivity contribution >= 4 is 5.57 Å². The summed E-state index contributed by atoms with van der Waals surface area (Å²) in [6.07, 6.45) is 8.90. The van der Waals surface area contributed by atoms with Gasteiger partial charge in [0.25, 0.3) is 0 Å². The van der Waals surface area contributed by atoms with Crippen LogP contribution in [-0.4, -0.2) is 15.0 Å². The van der Waals surface area contributed by atoms with Crippen molar-refractivity contribution in [3.8, 4) is 34.2 Å². The molecule has 5 rings (SSSR count). The fourth-order valence-electron chi connectivity index (χ4n) is 3.60. The van der Waals surface area contributed by atoms with Crippen LogP contribution in [0.15, 0.2) is 103 Å². The van der Waals surface area contributed by atoms with E-state index in [0.717, 1.165) is 29.5 Å². The second-order valence-electron chi connectivity index (χ2n) is 7.26. The molecule has 0 fully saturated rings. The highest BCUT2D eigenvalue weighted by Gasteiger charge is 2.13. The molecule has 1 aliphatic carbocycles. The van der Waals surface area contributed by atoms with Crippen molar-refractivity contribution in [1.29, 1.82) is 0 Å². The molecule has 0 bridgehead atoms. The number of nitrogens with zero attached hydrogens (tertiary/aromatic N) is 3. The molecule has 1 aromatic heterocycles. The summed E-state index contributed by atoms with van der Waals surface area (Å²) in [6, 6.07) is 28.6. The summed E-state index contributed by atoms with van der Waals surface area (Å²) in [4.78, 5) is 14.4. The predicted octanol–water partition coefficient (Wildman–Crippen LogP) is 6.61. The van der Waals surface area contributed by atoms with Gasteiger partial charge in [0.2, 0.25) is 0 Å². The van der Waals surface area contributed by atoms with E-state index < -0.39 is 0 Å². The van der Waals surface area contributed by atoms with E-state index in [4.69, 9.17) is 15.0 Å². The average Bonchev–Trinajstić information content (AvgIpc) is 2.85. The lowest BCUT2D eigenvalue weighted by atomic mass is 9.98. The van der Waals surface area contributed by atoms with Crippen molar-refractivity contribution in [1.82, 2.24) is 15.0 Å². The van der Waals surface area contributed by atoms with Gasteiger partial charge in [-0.2, -0.15) is 0 Å². The van der Waals surface area contributed by atoms with E-state index in [0.29, 0.717) is 17.5 Å². The SMILES string of the molecule is C1=CC(c2cccc(-c3nc(-c4ccccc4)nc(-c4ccccc4)n3)c2)=CCC1. The normalized spacial score (nSPS) is 13.1. The zero-order chi connectivity index (χ0) is 20.2. The Morgan fingerprint density at radius 3 is 1.60 bits per heavy atom. The molecule has 0 radical (unpaired) electrons. The van der Waals surface area contributed by atoms with E-state index in [9.17, 15) is 0 Å². The van der Waals surface area contributed by atoms with Gasteiger partial charge in [0, 0.05) is 16.7 Å². The largest absolute Gasteiger partial charge is 0.208 e. The molecule has 0 aliphatic heterocycles. The lowest BCUT2D eigenvalue weighted by molar-refractivity contribution is 1.04. The van der Waals surface area contributed by atoms with Crippen LogP contribution in [0.4, 0.5) is 0 Å². The maximum absolute atomic E-state index is 4.83. The summed E-state index contributed by atoms with van der Waals surface area (Å²) in [5.74, 6) is 2.05. The number of hydrogen-bond donors (Lipinski definition) is 0. The molecule has 0 saturated carbocycles. The first kappa shape index (κ1) is 18.2. The quantitative estimate of drug-likeness (QED) is 0.396. The van der Waals surface area contributed by atoms with Gasteiger partial charge in [0.15, 0.2) is 17.5 Å². The predicted molar refractivity (Wildman–Crippen MR) is 122 cm³/mol. The first-order valence-corrected chi connectivity index (χ1v) is 10.2. The van der Waals surface area contributed by atoms with Crippen molar-refractivity contribution in [2.45, 2.75) is 12.8 Å². The molecule has 1 heterocycles. The number of allylic oxidation sites excluding steroid dienone is 4. The van der Waals surface area contributed by atoms with E-state index >= 15 is 0 Å². The minimum absolute atomic E-state index is 0.682. The van der Waals surface area contributed by atoms with Gasteiger partial charge in [-0.25, -0.2) is 15.0 Å². The van der Waals surface area contributed by atoms with Crippen LogP contribution in [0.3, 0.4) is 0 Å². The zero-order valence-corrected chi connectivity index (χ0v) is 16.6. The number of rotatable bonds is 4. The molecule has 144 valence electrons. The molecule has 0 saturated heterocycles. The summed E-state index contributed by atoms with van der Waals surface area (Å²) in [5, 5.41) is 0. The van der Waals surface area contributed by atoms with E-state index in [2.05, 4.69) is 42.5 Å². The minimum atomic E-state index is 0.682. The zero-order valence-electron chi connectivity index (χ0n) is 16.6. The van der Waals surface area contributed by atoms with Gasteiger partial charge in [0.1, 0.15) is 0 Å². The third-order valence-corrected chi connectivity index (χ3v) is 5.15. The van der Waals surface area contributed by atoms with Crippen LogP contribution in [0.25, 0.3) is 39.7 Å². The Morgan fingerprint density at radius 1 is 0.500 bits per heavy atom. The van der Waals surface area contributed by atoms with Crippen molar-refractivity contribution in [3.63, 3.8) is 0 Å². The van der Waals surface area contributed by atoms with Crippen molar-refractivity contribution in [2.75, 3.05) is 0 Å².